The van der Waals surface area contributed by atoms with Crippen molar-refractivity contribution >= 4 is 10.8 Å². The highest BCUT2D eigenvalue weighted by atomic mass is 16.5. The number of methoxy groups -OCH3 is 1. The smallest absolute Gasteiger partial charge is 0.126 e. The lowest BCUT2D eigenvalue weighted by atomic mass is 9.86. The van der Waals surface area contributed by atoms with Gasteiger partial charge in [-0.1, -0.05) is 24.3 Å². The van der Waals surface area contributed by atoms with Gasteiger partial charge in [-0.05, 0) is 55.3 Å². The minimum Gasteiger partial charge on any atom is -0.496 e. The summed E-state index contributed by atoms with van der Waals surface area (Å²) < 4.78 is 5.48. The summed E-state index contributed by atoms with van der Waals surface area (Å²) >= 11 is 0. The monoisotopic (exact) mass is 255 g/mol. The first-order chi connectivity index (χ1) is 9.28. The van der Waals surface area contributed by atoms with Crippen LogP contribution >= 0.6 is 0 Å². The van der Waals surface area contributed by atoms with Crippen LogP contribution in [-0.4, -0.2) is 19.7 Å². The van der Waals surface area contributed by atoms with Gasteiger partial charge in [0.05, 0.1) is 7.11 Å². The fourth-order valence-electron chi connectivity index (χ4n) is 3.13. The Morgan fingerprint density at radius 2 is 2.11 bits per heavy atom. The van der Waals surface area contributed by atoms with Crippen molar-refractivity contribution in [2.45, 2.75) is 31.7 Å². The number of hydrogen-bond donors (Lipinski definition) is 1. The highest BCUT2D eigenvalue weighted by molar-refractivity contribution is 5.89. The summed E-state index contributed by atoms with van der Waals surface area (Å²) in [5.74, 6) is 1.65. The van der Waals surface area contributed by atoms with Gasteiger partial charge in [-0.15, -0.1) is 0 Å². The number of fused-ring (bicyclic) bond motifs is 1. The van der Waals surface area contributed by atoms with E-state index in [0.717, 1.165) is 12.3 Å². The fraction of sp³-hybridized carbons (Fsp3) is 0.412. The molecular weight excluding hydrogens is 234 g/mol. The van der Waals surface area contributed by atoms with Crippen molar-refractivity contribution < 1.29 is 4.74 Å². The van der Waals surface area contributed by atoms with E-state index in [9.17, 15) is 0 Å². The van der Waals surface area contributed by atoms with Crippen LogP contribution in [0.3, 0.4) is 0 Å². The predicted molar refractivity (Wildman–Crippen MR) is 79.9 cm³/mol. The minimum absolute atomic E-state index is 0.618. The molecule has 3 rings (SSSR count). The molecule has 0 aromatic heterocycles. The predicted octanol–water partition coefficient (Wildman–Crippen LogP) is 3.70. The van der Waals surface area contributed by atoms with Crippen molar-refractivity contribution in [3.05, 3.63) is 42.0 Å². The van der Waals surface area contributed by atoms with E-state index >= 15 is 0 Å². The van der Waals surface area contributed by atoms with Gasteiger partial charge in [0.25, 0.3) is 0 Å². The Labute approximate surface area is 114 Å². The van der Waals surface area contributed by atoms with Crippen LogP contribution in [0, 0.1) is 0 Å². The number of ether oxygens (including phenoxy) is 1. The molecule has 2 nitrogen and oxygen atoms in total. The molecule has 0 saturated carbocycles. The maximum atomic E-state index is 5.48. The van der Waals surface area contributed by atoms with Crippen LogP contribution in [0.15, 0.2) is 36.4 Å². The average Bonchev–Trinajstić information content (AvgIpc) is 2.46. The van der Waals surface area contributed by atoms with Crippen molar-refractivity contribution in [1.82, 2.24) is 5.32 Å². The second-order valence-electron chi connectivity index (χ2n) is 5.52. The summed E-state index contributed by atoms with van der Waals surface area (Å²) in [5, 5.41) is 6.00. The zero-order chi connectivity index (χ0) is 13.2. The number of hydrogen-bond acceptors (Lipinski definition) is 2. The molecule has 0 radical (unpaired) electrons. The molecule has 1 N–H and O–H groups in total. The Morgan fingerprint density at radius 3 is 2.89 bits per heavy atom. The molecule has 2 aromatic carbocycles. The molecule has 100 valence electrons. The maximum absolute atomic E-state index is 5.48. The standard InChI is InChI=1S/C17H21NO/c1-12-10-15(8-9-18-12)14-7-6-13-4-3-5-17(19-2)16(13)11-14/h3-7,11-12,15,18H,8-10H2,1-2H3/t12-,15-/m0/s1. The summed E-state index contributed by atoms with van der Waals surface area (Å²) in [6, 6.07) is 13.7. The van der Waals surface area contributed by atoms with Gasteiger partial charge >= 0.3 is 0 Å². The molecule has 0 aliphatic carbocycles. The third kappa shape index (κ3) is 2.45. The van der Waals surface area contributed by atoms with Crippen molar-refractivity contribution in [2.75, 3.05) is 13.7 Å². The molecule has 2 aromatic rings. The van der Waals surface area contributed by atoms with E-state index in [-0.39, 0.29) is 0 Å². The minimum atomic E-state index is 0.618. The van der Waals surface area contributed by atoms with Gasteiger partial charge in [0.2, 0.25) is 0 Å². The van der Waals surface area contributed by atoms with E-state index < -0.39 is 0 Å². The fourth-order valence-corrected chi connectivity index (χ4v) is 3.13. The van der Waals surface area contributed by atoms with Crippen molar-refractivity contribution in [2.24, 2.45) is 0 Å². The molecule has 2 atom stereocenters. The van der Waals surface area contributed by atoms with Gasteiger partial charge in [0, 0.05) is 11.4 Å². The van der Waals surface area contributed by atoms with Gasteiger partial charge in [-0.2, -0.15) is 0 Å². The first kappa shape index (κ1) is 12.5. The SMILES string of the molecule is COc1cccc2ccc([C@H]3CCN[C@@H](C)C3)cc12. The maximum Gasteiger partial charge on any atom is 0.126 e. The Bertz CT molecular complexity index is 578. The van der Waals surface area contributed by atoms with Gasteiger partial charge in [0.1, 0.15) is 5.75 Å². The lowest BCUT2D eigenvalue weighted by molar-refractivity contribution is 0.381. The molecule has 1 fully saturated rings. The zero-order valence-corrected chi connectivity index (χ0v) is 11.6. The summed E-state index contributed by atoms with van der Waals surface area (Å²) in [6.07, 6.45) is 2.45. The van der Waals surface area contributed by atoms with E-state index in [2.05, 4.69) is 36.5 Å². The quantitative estimate of drug-likeness (QED) is 0.883. The second kappa shape index (κ2) is 5.22. The topological polar surface area (TPSA) is 21.3 Å². The summed E-state index contributed by atoms with van der Waals surface area (Å²) in [5.41, 5.74) is 1.45. The van der Waals surface area contributed by atoms with Gasteiger partial charge in [-0.3, -0.25) is 0 Å². The van der Waals surface area contributed by atoms with Crippen molar-refractivity contribution in [1.29, 1.82) is 0 Å². The Kier molecular flexibility index (Phi) is 3.43. The van der Waals surface area contributed by atoms with Gasteiger partial charge < -0.3 is 10.1 Å². The average molecular weight is 255 g/mol. The largest absolute Gasteiger partial charge is 0.496 e. The van der Waals surface area contributed by atoms with Crippen molar-refractivity contribution in [3.63, 3.8) is 0 Å². The molecule has 1 aliphatic rings. The van der Waals surface area contributed by atoms with E-state index in [1.54, 1.807) is 7.11 Å². The molecule has 1 aliphatic heterocycles. The molecule has 2 heteroatoms. The van der Waals surface area contributed by atoms with Gasteiger partial charge in [0.15, 0.2) is 0 Å². The first-order valence-electron chi connectivity index (χ1n) is 7.08. The number of rotatable bonds is 2. The van der Waals surface area contributed by atoms with Crippen LogP contribution in [-0.2, 0) is 0 Å². The van der Waals surface area contributed by atoms with Crippen molar-refractivity contribution in [3.8, 4) is 5.75 Å². The van der Waals surface area contributed by atoms with Crippen LogP contribution in [0.2, 0.25) is 0 Å². The third-order valence-electron chi connectivity index (χ3n) is 4.18. The lowest BCUT2D eigenvalue weighted by Gasteiger charge is -2.28. The molecular formula is C17H21NO. The molecule has 19 heavy (non-hydrogen) atoms. The van der Waals surface area contributed by atoms with Crippen LogP contribution in [0.5, 0.6) is 5.75 Å². The number of benzene rings is 2. The summed E-state index contributed by atoms with van der Waals surface area (Å²) in [7, 11) is 1.74. The van der Waals surface area contributed by atoms with E-state index in [1.807, 2.05) is 12.1 Å². The highest BCUT2D eigenvalue weighted by Crippen LogP contribution is 2.33. The van der Waals surface area contributed by atoms with E-state index in [4.69, 9.17) is 4.74 Å². The number of nitrogens with one attached hydrogen (secondary N) is 1. The van der Waals surface area contributed by atoms with Gasteiger partial charge in [-0.25, -0.2) is 0 Å². The molecule has 0 unspecified atom stereocenters. The Hall–Kier alpha value is -1.54. The van der Waals surface area contributed by atoms with Crippen LogP contribution in [0.25, 0.3) is 10.8 Å². The number of piperidine rings is 1. The van der Waals surface area contributed by atoms with E-state index in [1.165, 1.54) is 29.2 Å². The third-order valence-corrected chi connectivity index (χ3v) is 4.18. The molecule has 1 saturated heterocycles. The van der Waals surface area contributed by atoms with E-state index in [0.29, 0.717) is 12.0 Å². The normalized spacial score (nSPS) is 23.5. The summed E-state index contributed by atoms with van der Waals surface area (Å²) in [6.45, 7) is 3.39. The highest BCUT2D eigenvalue weighted by Gasteiger charge is 2.20. The van der Waals surface area contributed by atoms with Crippen LogP contribution < -0.4 is 10.1 Å². The summed E-state index contributed by atoms with van der Waals surface area (Å²) in [4.78, 5) is 0. The second-order valence-corrected chi connectivity index (χ2v) is 5.52. The molecule has 0 amide bonds. The first-order valence-corrected chi connectivity index (χ1v) is 7.08. The Morgan fingerprint density at radius 1 is 1.21 bits per heavy atom. The van der Waals surface area contributed by atoms with Crippen LogP contribution in [0.4, 0.5) is 0 Å². The van der Waals surface area contributed by atoms with Crippen LogP contribution in [0.1, 0.15) is 31.2 Å². The molecule has 0 spiro atoms. The molecule has 1 heterocycles. The Balaban J connectivity index is 2.00. The zero-order valence-electron chi connectivity index (χ0n) is 11.6. The molecule has 0 bridgehead atoms. The lowest BCUT2D eigenvalue weighted by Crippen LogP contribution is -2.34.